The fraction of sp³-hybridized carbons (Fsp3) is 0. The molecule has 9 heteroatoms. The number of nitrogens with one attached hydrogen (secondary N) is 2. The van der Waals surface area contributed by atoms with Crippen LogP contribution in [0.1, 0.15) is 10.4 Å². The Balaban J connectivity index is 1.38. The quantitative estimate of drug-likeness (QED) is 0.249. The molecule has 0 unspecified atom stereocenters. The number of para-hydroxylation sites is 1. The highest BCUT2D eigenvalue weighted by Gasteiger charge is 2.13. The Bertz CT molecular complexity index is 1720. The van der Waals surface area contributed by atoms with Gasteiger partial charge in [-0.05, 0) is 85.0 Å². The van der Waals surface area contributed by atoms with Crippen molar-refractivity contribution in [2.75, 3.05) is 5.32 Å². The standard InChI is InChI=1S/C27H17ClFN3O3S/c28-22-15-18(9-13-23(22)29)32-26(34)21-12-6-16(14-24(21)31-27(32)36)25(33)30-17-7-10-20(11-8-17)35-19-4-2-1-3-5-19/h1-15H,(H,30,33)(H,31,36). The minimum absolute atomic E-state index is 0.0849. The third-order valence-corrected chi connectivity index (χ3v) is 5.99. The lowest BCUT2D eigenvalue weighted by Crippen LogP contribution is -2.21. The lowest BCUT2D eigenvalue weighted by Gasteiger charge is -2.11. The first-order valence-corrected chi connectivity index (χ1v) is 11.6. The molecule has 5 aromatic rings. The molecule has 1 aromatic heterocycles. The van der Waals surface area contributed by atoms with Crippen LogP contribution in [0.5, 0.6) is 11.5 Å². The van der Waals surface area contributed by atoms with Crippen LogP contribution in [-0.2, 0) is 0 Å². The van der Waals surface area contributed by atoms with E-state index in [-0.39, 0.29) is 15.7 Å². The minimum Gasteiger partial charge on any atom is -0.457 e. The zero-order valence-corrected chi connectivity index (χ0v) is 20.1. The average Bonchev–Trinajstić information content (AvgIpc) is 2.87. The number of carbonyl (C=O) groups excluding carboxylic acids is 1. The van der Waals surface area contributed by atoms with Crippen LogP contribution in [0.4, 0.5) is 10.1 Å². The molecule has 5 rings (SSSR count). The van der Waals surface area contributed by atoms with Crippen molar-refractivity contribution in [2.45, 2.75) is 0 Å². The summed E-state index contributed by atoms with van der Waals surface area (Å²) in [6.07, 6.45) is 0. The topological polar surface area (TPSA) is 76.1 Å². The first-order valence-electron chi connectivity index (χ1n) is 10.8. The number of aromatic nitrogens is 2. The lowest BCUT2D eigenvalue weighted by atomic mass is 10.1. The molecule has 0 saturated heterocycles. The van der Waals surface area contributed by atoms with Crippen molar-refractivity contribution >= 4 is 46.3 Å². The van der Waals surface area contributed by atoms with Crippen LogP contribution in [0.2, 0.25) is 5.02 Å². The smallest absolute Gasteiger partial charge is 0.266 e. The number of nitrogens with zero attached hydrogens (tertiary/aromatic N) is 1. The van der Waals surface area contributed by atoms with Crippen molar-refractivity contribution in [1.29, 1.82) is 0 Å². The van der Waals surface area contributed by atoms with Crippen molar-refractivity contribution in [3.05, 3.63) is 123 Å². The molecule has 0 radical (unpaired) electrons. The van der Waals surface area contributed by atoms with Crippen LogP contribution < -0.4 is 15.6 Å². The van der Waals surface area contributed by atoms with Crippen LogP contribution in [0.25, 0.3) is 16.6 Å². The van der Waals surface area contributed by atoms with Crippen LogP contribution in [0.3, 0.4) is 0 Å². The van der Waals surface area contributed by atoms with Gasteiger partial charge in [-0.25, -0.2) is 4.39 Å². The summed E-state index contributed by atoms with van der Waals surface area (Å²) < 4.78 is 20.6. The molecule has 2 N–H and O–H groups in total. The van der Waals surface area contributed by atoms with Crippen molar-refractivity contribution in [1.82, 2.24) is 9.55 Å². The molecule has 0 fully saturated rings. The summed E-state index contributed by atoms with van der Waals surface area (Å²) in [5.41, 5.74) is 1.22. The molecule has 4 aromatic carbocycles. The number of hydrogen-bond donors (Lipinski definition) is 2. The summed E-state index contributed by atoms with van der Waals surface area (Å²) in [5, 5.41) is 3.01. The first kappa shape index (κ1) is 23.5. The summed E-state index contributed by atoms with van der Waals surface area (Å²) in [6, 6.07) is 24.9. The number of ether oxygens (including phenoxy) is 1. The molecule has 0 bridgehead atoms. The van der Waals surface area contributed by atoms with Crippen LogP contribution >= 0.6 is 23.8 Å². The highest BCUT2D eigenvalue weighted by molar-refractivity contribution is 7.71. The first-order chi connectivity index (χ1) is 17.4. The predicted molar refractivity (Wildman–Crippen MR) is 141 cm³/mol. The Labute approximate surface area is 214 Å². The average molecular weight is 518 g/mol. The second-order valence-corrected chi connectivity index (χ2v) is 8.62. The number of anilines is 1. The Morgan fingerprint density at radius 3 is 2.39 bits per heavy atom. The fourth-order valence-electron chi connectivity index (χ4n) is 3.65. The van der Waals surface area contributed by atoms with E-state index < -0.39 is 11.4 Å². The van der Waals surface area contributed by atoms with E-state index in [9.17, 15) is 14.0 Å². The van der Waals surface area contributed by atoms with Gasteiger partial charge >= 0.3 is 0 Å². The maximum absolute atomic E-state index is 13.6. The zero-order chi connectivity index (χ0) is 25.2. The Kier molecular flexibility index (Phi) is 6.37. The van der Waals surface area contributed by atoms with Gasteiger partial charge in [0.05, 0.1) is 21.6 Å². The maximum atomic E-state index is 13.6. The second kappa shape index (κ2) is 9.77. The summed E-state index contributed by atoms with van der Waals surface area (Å²) in [5.74, 6) is 0.390. The van der Waals surface area contributed by atoms with Gasteiger partial charge in [0.15, 0.2) is 4.77 Å². The van der Waals surface area contributed by atoms with Gasteiger partial charge < -0.3 is 15.0 Å². The molecule has 0 atom stereocenters. The van der Waals surface area contributed by atoms with E-state index in [0.717, 1.165) is 6.07 Å². The van der Waals surface area contributed by atoms with Gasteiger partial charge in [0.25, 0.3) is 11.5 Å². The summed E-state index contributed by atoms with van der Waals surface area (Å²) in [7, 11) is 0. The number of H-pyrrole nitrogens is 1. The summed E-state index contributed by atoms with van der Waals surface area (Å²) in [4.78, 5) is 28.9. The highest BCUT2D eigenvalue weighted by Crippen LogP contribution is 2.23. The van der Waals surface area contributed by atoms with Crippen LogP contribution in [-0.4, -0.2) is 15.5 Å². The SMILES string of the molecule is O=C(Nc1ccc(Oc2ccccc2)cc1)c1ccc2c(=O)n(-c3ccc(F)c(Cl)c3)c(=S)[nH]c2c1. The van der Waals surface area contributed by atoms with Gasteiger partial charge in [-0.15, -0.1) is 0 Å². The van der Waals surface area contributed by atoms with E-state index in [1.54, 1.807) is 36.4 Å². The molecule has 0 saturated carbocycles. The predicted octanol–water partition coefficient (Wildman–Crippen LogP) is 6.89. The molecule has 6 nitrogen and oxygen atoms in total. The van der Waals surface area contributed by atoms with E-state index >= 15 is 0 Å². The molecule has 0 aliphatic carbocycles. The van der Waals surface area contributed by atoms with Crippen LogP contribution in [0.15, 0.2) is 95.8 Å². The molecule has 36 heavy (non-hydrogen) atoms. The molecule has 0 spiro atoms. The number of rotatable bonds is 5. The number of halogens is 2. The Morgan fingerprint density at radius 1 is 0.944 bits per heavy atom. The van der Waals surface area contributed by atoms with Crippen molar-refractivity contribution in [2.24, 2.45) is 0 Å². The number of hydrogen-bond acceptors (Lipinski definition) is 4. The zero-order valence-electron chi connectivity index (χ0n) is 18.5. The third-order valence-electron chi connectivity index (χ3n) is 5.41. The number of amides is 1. The van der Waals surface area contributed by atoms with Crippen molar-refractivity contribution in [3.8, 4) is 17.2 Å². The Hall–Kier alpha value is -4.27. The van der Waals surface area contributed by atoms with Gasteiger partial charge in [-0.3, -0.25) is 14.2 Å². The number of carbonyl (C=O) groups is 1. The summed E-state index contributed by atoms with van der Waals surface area (Å²) >= 11 is 11.2. The third kappa shape index (κ3) is 4.77. The summed E-state index contributed by atoms with van der Waals surface area (Å²) in [6.45, 7) is 0. The molecular formula is C27H17ClFN3O3S. The number of fused-ring (bicyclic) bond motifs is 1. The number of aromatic amines is 1. The molecule has 0 aliphatic heterocycles. The van der Waals surface area contributed by atoms with E-state index in [0.29, 0.717) is 39.3 Å². The molecule has 0 aliphatic rings. The van der Waals surface area contributed by atoms with E-state index in [2.05, 4.69) is 10.3 Å². The minimum atomic E-state index is -0.599. The molecular weight excluding hydrogens is 501 g/mol. The number of benzene rings is 4. The van der Waals surface area contributed by atoms with Gasteiger partial charge in [0.2, 0.25) is 0 Å². The van der Waals surface area contributed by atoms with Crippen LogP contribution in [0, 0.1) is 10.6 Å². The Morgan fingerprint density at radius 2 is 1.67 bits per heavy atom. The molecule has 1 heterocycles. The van der Waals surface area contributed by atoms with E-state index in [1.165, 1.54) is 22.8 Å². The highest BCUT2D eigenvalue weighted by atomic mass is 35.5. The van der Waals surface area contributed by atoms with Gasteiger partial charge in [-0.1, -0.05) is 29.8 Å². The van der Waals surface area contributed by atoms with Gasteiger partial charge in [0, 0.05) is 11.3 Å². The van der Waals surface area contributed by atoms with E-state index in [4.69, 9.17) is 28.6 Å². The largest absolute Gasteiger partial charge is 0.457 e. The second-order valence-electron chi connectivity index (χ2n) is 7.82. The van der Waals surface area contributed by atoms with E-state index in [1.807, 2.05) is 30.3 Å². The molecule has 1 amide bonds. The lowest BCUT2D eigenvalue weighted by molar-refractivity contribution is 0.102. The van der Waals surface area contributed by atoms with Gasteiger partial charge in [0.1, 0.15) is 17.3 Å². The maximum Gasteiger partial charge on any atom is 0.266 e. The van der Waals surface area contributed by atoms with Gasteiger partial charge in [-0.2, -0.15) is 0 Å². The monoisotopic (exact) mass is 517 g/mol. The molecule has 178 valence electrons. The van der Waals surface area contributed by atoms with Crippen molar-refractivity contribution < 1.29 is 13.9 Å². The normalized spacial score (nSPS) is 10.8. The van der Waals surface area contributed by atoms with Crippen molar-refractivity contribution in [3.63, 3.8) is 0 Å². The fourth-order valence-corrected chi connectivity index (χ4v) is 4.13.